The van der Waals surface area contributed by atoms with Crippen molar-refractivity contribution in [1.82, 2.24) is 5.32 Å². The minimum atomic E-state index is -0.284. The predicted molar refractivity (Wildman–Crippen MR) is 63.3 cm³/mol. The smallest absolute Gasteiger partial charge is 0.255 e. The number of amides is 1. The normalized spacial score (nSPS) is 11.5. The van der Waals surface area contributed by atoms with Crippen molar-refractivity contribution in [2.75, 3.05) is 6.54 Å². The monoisotopic (exact) mass is 224 g/mol. The lowest BCUT2D eigenvalue weighted by atomic mass is 10.00. The highest BCUT2D eigenvalue weighted by atomic mass is 16.3. The zero-order valence-corrected chi connectivity index (χ0v) is 10.2. The first kappa shape index (κ1) is 12.8. The molecule has 0 unspecified atom stereocenters. The molecule has 0 radical (unpaired) electrons. The highest BCUT2D eigenvalue weighted by Crippen LogP contribution is 2.14. The maximum Gasteiger partial charge on any atom is 0.255 e. The Hall–Kier alpha value is -1.29. The molecule has 0 aliphatic rings. The van der Waals surface area contributed by atoms with Crippen molar-refractivity contribution in [1.29, 1.82) is 0 Å². The molecular weight excluding hydrogens is 204 g/mol. The summed E-state index contributed by atoms with van der Waals surface area (Å²) >= 11 is 0. The van der Waals surface area contributed by atoms with Crippen molar-refractivity contribution in [3.05, 3.63) is 23.7 Å². The van der Waals surface area contributed by atoms with Gasteiger partial charge in [0.05, 0.1) is 11.8 Å². The minimum absolute atomic E-state index is 0.0935. The van der Waals surface area contributed by atoms with Gasteiger partial charge in [0, 0.05) is 12.0 Å². The molecule has 0 aromatic carbocycles. The van der Waals surface area contributed by atoms with Crippen LogP contribution in [0, 0.1) is 0 Å². The average Bonchev–Trinajstić information content (AvgIpc) is 2.64. The number of hydrogen-bond acceptors (Lipinski definition) is 3. The Morgan fingerprint density at radius 3 is 2.81 bits per heavy atom. The molecule has 0 saturated carbocycles. The fourth-order valence-corrected chi connectivity index (χ4v) is 1.61. The van der Waals surface area contributed by atoms with Crippen LogP contribution in [0.5, 0.6) is 0 Å². The molecule has 4 nitrogen and oxygen atoms in total. The van der Waals surface area contributed by atoms with E-state index < -0.39 is 0 Å². The van der Waals surface area contributed by atoms with Gasteiger partial charge in [-0.25, -0.2) is 0 Å². The van der Waals surface area contributed by atoms with Gasteiger partial charge in [-0.15, -0.1) is 0 Å². The van der Waals surface area contributed by atoms with E-state index in [0.717, 1.165) is 12.2 Å². The molecule has 1 heterocycles. The molecule has 16 heavy (non-hydrogen) atoms. The quantitative estimate of drug-likeness (QED) is 0.799. The Morgan fingerprint density at radius 1 is 1.56 bits per heavy atom. The highest BCUT2D eigenvalue weighted by Gasteiger charge is 2.22. The van der Waals surface area contributed by atoms with Gasteiger partial charge in [-0.05, 0) is 32.9 Å². The van der Waals surface area contributed by atoms with Crippen LogP contribution in [0.3, 0.4) is 0 Å². The van der Waals surface area contributed by atoms with Crippen LogP contribution in [-0.2, 0) is 6.42 Å². The lowest BCUT2D eigenvalue weighted by Gasteiger charge is -2.25. The number of rotatable bonds is 5. The summed E-state index contributed by atoms with van der Waals surface area (Å²) in [6.45, 7) is 6.44. The SMILES string of the molecule is CCc1occc1C(=O)NC(C)(C)CCN. The molecule has 0 atom stereocenters. The predicted octanol–water partition coefficient (Wildman–Crippen LogP) is 1.70. The van der Waals surface area contributed by atoms with Crippen LogP contribution >= 0.6 is 0 Å². The Bertz CT molecular complexity index is 356. The van der Waals surface area contributed by atoms with E-state index in [1.165, 1.54) is 0 Å². The van der Waals surface area contributed by atoms with Crippen molar-refractivity contribution in [2.45, 2.75) is 39.2 Å². The van der Waals surface area contributed by atoms with Crippen LogP contribution in [0.25, 0.3) is 0 Å². The molecule has 1 amide bonds. The first-order chi connectivity index (χ1) is 7.50. The number of furan rings is 1. The Balaban J connectivity index is 2.72. The van der Waals surface area contributed by atoms with Gasteiger partial charge in [-0.3, -0.25) is 4.79 Å². The third-order valence-corrected chi connectivity index (χ3v) is 2.53. The van der Waals surface area contributed by atoms with Gasteiger partial charge in [0.15, 0.2) is 0 Å². The standard InChI is InChI=1S/C12H20N2O2/c1-4-10-9(5-8-16-10)11(15)14-12(2,3)6-7-13/h5,8H,4,6-7,13H2,1-3H3,(H,14,15). The molecule has 1 rings (SSSR count). The van der Waals surface area contributed by atoms with E-state index in [-0.39, 0.29) is 11.4 Å². The molecule has 3 N–H and O–H groups in total. The van der Waals surface area contributed by atoms with Crippen molar-refractivity contribution in [3.63, 3.8) is 0 Å². The zero-order chi connectivity index (χ0) is 12.2. The highest BCUT2D eigenvalue weighted by molar-refractivity contribution is 5.95. The summed E-state index contributed by atoms with van der Waals surface area (Å²) in [5.74, 6) is 0.630. The van der Waals surface area contributed by atoms with E-state index in [9.17, 15) is 4.79 Å². The van der Waals surface area contributed by atoms with Crippen LogP contribution < -0.4 is 11.1 Å². The number of aryl methyl sites for hydroxylation is 1. The molecule has 0 saturated heterocycles. The number of carbonyl (C=O) groups is 1. The summed E-state index contributed by atoms with van der Waals surface area (Å²) in [7, 11) is 0. The maximum absolute atomic E-state index is 12.0. The molecule has 0 bridgehead atoms. The van der Waals surface area contributed by atoms with Gasteiger partial charge in [0.2, 0.25) is 0 Å². The number of nitrogens with one attached hydrogen (secondary N) is 1. The topological polar surface area (TPSA) is 68.3 Å². The zero-order valence-electron chi connectivity index (χ0n) is 10.2. The first-order valence-electron chi connectivity index (χ1n) is 5.59. The molecule has 0 aliphatic heterocycles. The van der Waals surface area contributed by atoms with E-state index in [2.05, 4.69) is 5.32 Å². The molecule has 0 aliphatic carbocycles. The van der Waals surface area contributed by atoms with Crippen LogP contribution in [-0.4, -0.2) is 18.0 Å². The fourth-order valence-electron chi connectivity index (χ4n) is 1.61. The van der Waals surface area contributed by atoms with Crippen molar-refractivity contribution in [3.8, 4) is 0 Å². The molecule has 1 aromatic rings. The van der Waals surface area contributed by atoms with Gasteiger partial charge >= 0.3 is 0 Å². The summed E-state index contributed by atoms with van der Waals surface area (Å²) < 4.78 is 5.22. The van der Waals surface area contributed by atoms with E-state index in [1.54, 1.807) is 12.3 Å². The van der Waals surface area contributed by atoms with E-state index in [0.29, 0.717) is 18.5 Å². The third kappa shape index (κ3) is 3.10. The Labute approximate surface area is 96.2 Å². The fraction of sp³-hybridized carbons (Fsp3) is 0.583. The number of nitrogens with two attached hydrogens (primary N) is 1. The van der Waals surface area contributed by atoms with E-state index >= 15 is 0 Å². The van der Waals surface area contributed by atoms with Crippen molar-refractivity contribution >= 4 is 5.91 Å². The summed E-state index contributed by atoms with van der Waals surface area (Å²) in [6.07, 6.45) is 3.01. The van der Waals surface area contributed by atoms with Gasteiger partial charge < -0.3 is 15.5 Å². The van der Waals surface area contributed by atoms with Gasteiger partial charge in [0.25, 0.3) is 5.91 Å². The lowest BCUT2D eigenvalue weighted by Crippen LogP contribution is -2.44. The molecular formula is C12H20N2O2. The molecule has 0 spiro atoms. The van der Waals surface area contributed by atoms with Gasteiger partial charge in [0.1, 0.15) is 5.76 Å². The van der Waals surface area contributed by atoms with Gasteiger partial charge in [-0.1, -0.05) is 6.92 Å². The maximum atomic E-state index is 12.0. The average molecular weight is 224 g/mol. The summed E-state index contributed by atoms with van der Waals surface area (Å²) in [5, 5.41) is 2.96. The Kier molecular flexibility index (Phi) is 4.12. The van der Waals surface area contributed by atoms with E-state index in [4.69, 9.17) is 10.2 Å². The van der Waals surface area contributed by atoms with Crippen LogP contribution in [0.1, 0.15) is 43.3 Å². The molecule has 90 valence electrons. The first-order valence-corrected chi connectivity index (χ1v) is 5.59. The largest absolute Gasteiger partial charge is 0.469 e. The second-order valence-corrected chi connectivity index (χ2v) is 4.49. The minimum Gasteiger partial charge on any atom is -0.469 e. The van der Waals surface area contributed by atoms with Crippen LogP contribution in [0.4, 0.5) is 0 Å². The molecule has 1 aromatic heterocycles. The van der Waals surface area contributed by atoms with Gasteiger partial charge in [-0.2, -0.15) is 0 Å². The molecule has 0 fully saturated rings. The van der Waals surface area contributed by atoms with Crippen molar-refractivity contribution < 1.29 is 9.21 Å². The van der Waals surface area contributed by atoms with Crippen molar-refractivity contribution in [2.24, 2.45) is 5.73 Å². The summed E-state index contributed by atoms with van der Waals surface area (Å²) in [5.41, 5.74) is 5.83. The number of carbonyl (C=O) groups excluding carboxylic acids is 1. The summed E-state index contributed by atoms with van der Waals surface area (Å²) in [4.78, 5) is 12.0. The number of hydrogen-bond donors (Lipinski definition) is 2. The van der Waals surface area contributed by atoms with Crippen LogP contribution in [0.2, 0.25) is 0 Å². The molecule has 4 heteroatoms. The second kappa shape index (κ2) is 5.16. The lowest BCUT2D eigenvalue weighted by molar-refractivity contribution is 0.0908. The summed E-state index contributed by atoms with van der Waals surface area (Å²) in [6, 6.07) is 1.70. The third-order valence-electron chi connectivity index (χ3n) is 2.53. The van der Waals surface area contributed by atoms with Crippen LogP contribution in [0.15, 0.2) is 16.7 Å². The second-order valence-electron chi connectivity index (χ2n) is 4.49. The van der Waals surface area contributed by atoms with E-state index in [1.807, 2.05) is 20.8 Å². The Morgan fingerprint density at radius 2 is 2.25 bits per heavy atom.